The van der Waals surface area contributed by atoms with Crippen molar-refractivity contribution >= 4 is 33.4 Å². The summed E-state index contributed by atoms with van der Waals surface area (Å²) in [5.74, 6) is 0.323. The summed E-state index contributed by atoms with van der Waals surface area (Å²) in [4.78, 5) is 0. The van der Waals surface area contributed by atoms with Crippen LogP contribution in [-0.2, 0) is 0 Å². The molecule has 0 bridgehead atoms. The third kappa shape index (κ3) is 1.87. The number of aromatic nitrogens is 1. The van der Waals surface area contributed by atoms with Gasteiger partial charge in [0.25, 0.3) is 0 Å². The van der Waals surface area contributed by atoms with E-state index in [0.29, 0.717) is 16.6 Å². The van der Waals surface area contributed by atoms with Gasteiger partial charge in [0.05, 0.1) is 5.02 Å². The Morgan fingerprint density at radius 3 is 2.73 bits per heavy atom. The van der Waals surface area contributed by atoms with Gasteiger partial charge in [0, 0.05) is 15.6 Å². The molecule has 1 aromatic heterocycles. The van der Waals surface area contributed by atoms with Crippen molar-refractivity contribution in [2.45, 2.75) is 6.92 Å². The molecule has 0 aliphatic heterocycles. The number of nitrogen functional groups attached to an aromatic ring is 1. The monoisotopic (exact) mass is 286 g/mol. The summed E-state index contributed by atoms with van der Waals surface area (Å²) in [6, 6.07) is 5.57. The van der Waals surface area contributed by atoms with Crippen LogP contribution in [-0.4, -0.2) is 5.16 Å². The first-order valence-electron chi connectivity index (χ1n) is 4.26. The average molecular weight is 288 g/mol. The highest BCUT2D eigenvalue weighted by atomic mass is 79.9. The van der Waals surface area contributed by atoms with Gasteiger partial charge in [-0.3, -0.25) is 0 Å². The molecule has 0 aliphatic carbocycles. The Morgan fingerprint density at radius 2 is 2.20 bits per heavy atom. The molecule has 2 N–H and O–H groups in total. The van der Waals surface area contributed by atoms with Crippen LogP contribution >= 0.6 is 27.5 Å². The van der Waals surface area contributed by atoms with Gasteiger partial charge in [-0.1, -0.05) is 38.8 Å². The second kappa shape index (κ2) is 3.87. The van der Waals surface area contributed by atoms with Crippen LogP contribution in [0, 0.1) is 6.92 Å². The van der Waals surface area contributed by atoms with Crippen molar-refractivity contribution in [3.63, 3.8) is 0 Å². The summed E-state index contributed by atoms with van der Waals surface area (Å²) in [5.41, 5.74) is 7.88. The molecule has 0 saturated heterocycles. The molecule has 0 saturated carbocycles. The highest BCUT2D eigenvalue weighted by Gasteiger charge is 2.13. The third-order valence-electron chi connectivity index (χ3n) is 2.15. The Labute approximate surface area is 100 Å². The molecule has 0 atom stereocenters. The van der Waals surface area contributed by atoms with Gasteiger partial charge in [0.2, 0.25) is 5.88 Å². The third-order valence-corrected chi connectivity index (χ3v) is 2.95. The van der Waals surface area contributed by atoms with E-state index < -0.39 is 0 Å². The van der Waals surface area contributed by atoms with Crippen molar-refractivity contribution in [2.24, 2.45) is 0 Å². The molecule has 3 nitrogen and oxygen atoms in total. The Hall–Kier alpha value is -1.00. The van der Waals surface area contributed by atoms with Gasteiger partial charge >= 0.3 is 0 Å². The van der Waals surface area contributed by atoms with Crippen molar-refractivity contribution in [3.05, 3.63) is 33.3 Å². The van der Waals surface area contributed by atoms with Crippen LogP contribution in [0.2, 0.25) is 5.02 Å². The normalized spacial score (nSPS) is 10.6. The van der Waals surface area contributed by atoms with Crippen LogP contribution in [0.25, 0.3) is 11.3 Å². The summed E-state index contributed by atoms with van der Waals surface area (Å²) in [6.45, 7) is 1.85. The molecule has 0 fully saturated rings. The zero-order valence-corrected chi connectivity index (χ0v) is 10.3. The summed E-state index contributed by atoms with van der Waals surface area (Å²) in [5, 5.41) is 4.49. The van der Waals surface area contributed by atoms with Crippen LogP contribution in [0.1, 0.15) is 5.56 Å². The molecule has 0 aliphatic rings. The number of nitrogens with two attached hydrogens (primary N) is 1. The van der Waals surface area contributed by atoms with Gasteiger partial charge in [-0.25, -0.2) is 0 Å². The van der Waals surface area contributed by atoms with E-state index in [2.05, 4.69) is 21.1 Å². The summed E-state index contributed by atoms with van der Waals surface area (Å²) < 4.78 is 5.81. The predicted octanol–water partition coefficient (Wildman–Crippen LogP) is 3.65. The quantitative estimate of drug-likeness (QED) is 0.871. The maximum atomic E-state index is 6.09. The average Bonchev–Trinajstić information content (AvgIpc) is 2.49. The van der Waals surface area contributed by atoms with Gasteiger partial charge in [0.15, 0.2) is 0 Å². The summed E-state index contributed by atoms with van der Waals surface area (Å²) in [6.07, 6.45) is 0. The van der Waals surface area contributed by atoms with Crippen LogP contribution in [0.15, 0.2) is 27.2 Å². The molecule has 0 unspecified atom stereocenters. The fourth-order valence-corrected chi connectivity index (χ4v) is 2.04. The molecule has 0 radical (unpaired) electrons. The minimum absolute atomic E-state index is 0.323. The van der Waals surface area contributed by atoms with Gasteiger partial charge in [-0.2, -0.15) is 0 Å². The van der Waals surface area contributed by atoms with E-state index >= 15 is 0 Å². The summed E-state index contributed by atoms with van der Waals surface area (Å²) in [7, 11) is 0. The molecule has 5 heteroatoms. The fourth-order valence-electron chi connectivity index (χ4n) is 1.28. The van der Waals surface area contributed by atoms with Crippen LogP contribution in [0.3, 0.4) is 0 Å². The van der Waals surface area contributed by atoms with Crippen LogP contribution in [0.5, 0.6) is 0 Å². The molecule has 0 amide bonds. The standard InChI is InChI=1S/C10H8BrClN2O/c1-5-9(14-15-10(5)13)7-3-2-6(11)4-8(7)12/h2-4H,13H2,1H3. The maximum absolute atomic E-state index is 6.09. The zero-order valence-electron chi connectivity index (χ0n) is 7.92. The Kier molecular flexibility index (Phi) is 2.71. The Bertz CT molecular complexity index is 510. The lowest BCUT2D eigenvalue weighted by molar-refractivity contribution is 0.439. The van der Waals surface area contributed by atoms with Gasteiger partial charge in [-0.05, 0) is 19.1 Å². The number of nitrogens with zero attached hydrogens (tertiary/aromatic N) is 1. The van der Waals surface area contributed by atoms with Crippen molar-refractivity contribution in [3.8, 4) is 11.3 Å². The van der Waals surface area contributed by atoms with E-state index in [-0.39, 0.29) is 0 Å². The van der Waals surface area contributed by atoms with Crippen LogP contribution in [0.4, 0.5) is 5.88 Å². The lowest BCUT2D eigenvalue weighted by atomic mass is 10.1. The lowest BCUT2D eigenvalue weighted by Gasteiger charge is -2.01. The highest BCUT2D eigenvalue weighted by Crippen LogP contribution is 2.33. The fraction of sp³-hybridized carbons (Fsp3) is 0.100. The van der Waals surface area contributed by atoms with E-state index in [0.717, 1.165) is 15.6 Å². The van der Waals surface area contributed by atoms with Crippen molar-refractivity contribution < 1.29 is 4.52 Å². The number of halogens is 2. The number of benzene rings is 1. The number of hydrogen-bond acceptors (Lipinski definition) is 3. The summed E-state index contributed by atoms with van der Waals surface area (Å²) >= 11 is 9.43. The molecule has 1 aromatic carbocycles. The zero-order chi connectivity index (χ0) is 11.0. The number of hydrogen-bond donors (Lipinski definition) is 1. The van der Waals surface area contributed by atoms with Gasteiger partial charge in [-0.15, -0.1) is 0 Å². The first-order valence-corrected chi connectivity index (χ1v) is 5.44. The van der Waals surface area contributed by atoms with Crippen molar-refractivity contribution in [2.75, 3.05) is 5.73 Å². The smallest absolute Gasteiger partial charge is 0.225 e. The highest BCUT2D eigenvalue weighted by molar-refractivity contribution is 9.10. The second-order valence-corrected chi connectivity index (χ2v) is 4.47. The van der Waals surface area contributed by atoms with Gasteiger partial charge in [0.1, 0.15) is 5.69 Å². The van der Waals surface area contributed by atoms with Crippen LogP contribution < -0.4 is 5.73 Å². The molecular weight excluding hydrogens is 279 g/mol. The van der Waals surface area contributed by atoms with Crippen molar-refractivity contribution in [1.29, 1.82) is 0 Å². The van der Waals surface area contributed by atoms with E-state index in [1.807, 2.05) is 19.1 Å². The Balaban J connectivity index is 2.59. The SMILES string of the molecule is Cc1c(-c2ccc(Br)cc2Cl)noc1N. The molecule has 2 rings (SSSR count). The topological polar surface area (TPSA) is 52.0 Å². The molecule has 2 aromatic rings. The first kappa shape index (κ1) is 10.5. The first-order chi connectivity index (χ1) is 7.09. The minimum atomic E-state index is 0.323. The number of anilines is 1. The van der Waals surface area contributed by atoms with E-state index in [1.165, 1.54) is 0 Å². The molecule has 15 heavy (non-hydrogen) atoms. The van der Waals surface area contributed by atoms with Crippen molar-refractivity contribution in [1.82, 2.24) is 5.16 Å². The molecule has 78 valence electrons. The van der Waals surface area contributed by atoms with Gasteiger partial charge < -0.3 is 10.3 Å². The maximum Gasteiger partial charge on any atom is 0.225 e. The Morgan fingerprint density at radius 1 is 1.47 bits per heavy atom. The lowest BCUT2D eigenvalue weighted by Crippen LogP contribution is -1.86. The molecule has 0 spiro atoms. The largest absolute Gasteiger partial charge is 0.367 e. The number of rotatable bonds is 1. The van der Waals surface area contributed by atoms with E-state index in [4.69, 9.17) is 21.9 Å². The molecule has 1 heterocycles. The van der Waals surface area contributed by atoms with E-state index in [9.17, 15) is 0 Å². The second-order valence-electron chi connectivity index (χ2n) is 3.14. The molecular formula is C10H8BrClN2O. The van der Waals surface area contributed by atoms with E-state index in [1.54, 1.807) is 6.07 Å². The minimum Gasteiger partial charge on any atom is -0.367 e. The predicted molar refractivity (Wildman–Crippen MR) is 63.8 cm³/mol.